The lowest BCUT2D eigenvalue weighted by atomic mass is 9.97. The summed E-state index contributed by atoms with van der Waals surface area (Å²) in [7, 11) is 0. The molecule has 0 fully saturated rings. The number of halogens is 1. The molecule has 0 atom stereocenters. The number of rotatable bonds is 6. The van der Waals surface area contributed by atoms with Gasteiger partial charge in [0, 0.05) is 9.35 Å². The van der Waals surface area contributed by atoms with Crippen molar-refractivity contribution >= 4 is 61.4 Å². The maximum Gasteiger partial charge on any atom is 0.267 e. The average Bonchev–Trinajstić information content (AvgIpc) is 3.23. The molecule has 1 aliphatic rings. The maximum atomic E-state index is 13.7. The Morgan fingerprint density at radius 3 is 2.71 bits per heavy atom. The minimum absolute atomic E-state index is 0.0632. The largest absolute Gasteiger partial charge is 0.272 e. The number of aryl methyl sites for hydroxylation is 2. The number of carbonyl (C=O) groups is 1. The van der Waals surface area contributed by atoms with Gasteiger partial charge in [-0.05, 0) is 61.1 Å². The first-order chi connectivity index (χ1) is 16.6. The van der Waals surface area contributed by atoms with E-state index in [1.54, 1.807) is 22.1 Å². The zero-order valence-corrected chi connectivity index (χ0v) is 21.4. The summed E-state index contributed by atoms with van der Waals surface area (Å²) in [6, 6.07) is 17.1. The van der Waals surface area contributed by atoms with Gasteiger partial charge >= 0.3 is 0 Å². The highest BCUT2D eigenvalue weighted by Gasteiger charge is 2.23. The molecule has 9 heteroatoms. The van der Waals surface area contributed by atoms with Gasteiger partial charge in [-0.25, -0.2) is 10.4 Å². The Bertz CT molecular complexity index is 1430. The molecule has 172 valence electrons. The van der Waals surface area contributed by atoms with Gasteiger partial charge in [-0.2, -0.15) is 5.10 Å². The van der Waals surface area contributed by atoms with Crippen molar-refractivity contribution in [3.63, 3.8) is 0 Å². The molecule has 0 aliphatic heterocycles. The number of hydrazone groups is 1. The van der Waals surface area contributed by atoms with E-state index in [1.807, 2.05) is 54.6 Å². The van der Waals surface area contributed by atoms with Crippen LogP contribution in [0, 0.1) is 0 Å². The van der Waals surface area contributed by atoms with Crippen molar-refractivity contribution in [3.8, 4) is 5.69 Å². The average molecular weight is 554 g/mol. The summed E-state index contributed by atoms with van der Waals surface area (Å²) in [5.74, 6) is -0.175. The number of thioether (sulfide) groups is 1. The highest BCUT2D eigenvalue weighted by atomic mass is 79.9. The number of hydrogen-bond donors (Lipinski definition) is 1. The predicted octanol–water partition coefficient (Wildman–Crippen LogP) is 5.33. The quantitative estimate of drug-likeness (QED) is 0.152. The molecule has 1 aliphatic carbocycles. The topological polar surface area (TPSA) is 76.3 Å². The molecule has 6 nitrogen and oxygen atoms in total. The van der Waals surface area contributed by atoms with Gasteiger partial charge in [0.2, 0.25) is 0 Å². The third-order valence-electron chi connectivity index (χ3n) is 5.58. The zero-order valence-electron chi connectivity index (χ0n) is 18.2. The molecule has 0 saturated carbocycles. The lowest BCUT2D eigenvalue weighted by Crippen LogP contribution is -2.24. The van der Waals surface area contributed by atoms with Gasteiger partial charge in [0.1, 0.15) is 4.83 Å². The number of nitrogens with one attached hydrogen (secondary N) is 1. The molecule has 1 N–H and O–H groups in total. The monoisotopic (exact) mass is 552 g/mol. The number of aromatic nitrogens is 2. The third kappa shape index (κ3) is 4.87. The molecule has 0 spiro atoms. The molecule has 34 heavy (non-hydrogen) atoms. The van der Waals surface area contributed by atoms with Crippen molar-refractivity contribution < 1.29 is 4.79 Å². The molecule has 5 rings (SSSR count). The van der Waals surface area contributed by atoms with E-state index in [9.17, 15) is 9.59 Å². The summed E-state index contributed by atoms with van der Waals surface area (Å²) in [4.78, 5) is 33.0. The lowest BCUT2D eigenvalue weighted by Gasteiger charge is -2.13. The van der Waals surface area contributed by atoms with Crippen LogP contribution in [0.25, 0.3) is 15.9 Å². The SMILES string of the molecule is O=C(CSc1nc2sc3c(c2c(=O)n1-c1ccccc1)CCCC3)N/N=C/c1ccc(Br)cc1. The van der Waals surface area contributed by atoms with E-state index in [-0.39, 0.29) is 17.2 Å². The van der Waals surface area contributed by atoms with E-state index >= 15 is 0 Å². The summed E-state index contributed by atoms with van der Waals surface area (Å²) in [6.45, 7) is 0. The summed E-state index contributed by atoms with van der Waals surface area (Å²) in [5.41, 5.74) is 5.27. The highest BCUT2D eigenvalue weighted by molar-refractivity contribution is 9.10. The Labute approximate surface area is 213 Å². The van der Waals surface area contributed by atoms with Crippen molar-refractivity contribution in [2.45, 2.75) is 30.8 Å². The number of carbonyl (C=O) groups excluding carboxylic acids is 1. The third-order valence-corrected chi connectivity index (χ3v) is 8.23. The summed E-state index contributed by atoms with van der Waals surface area (Å²) < 4.78 is 2.61. The van der Waals surface area contributed by atoms with E-state index in [0.717, 1.165) is 57.2 Å². The summed E-state index contributed by atoms with van der Waals surface area (Å²) in [5, 5.41) is 5.28. The molecule has 4 aromatic rings. The number of hydrogen-bond acceptors (Lipinski definition) is 6. The van der Waals surface area contributed by atoms with Gasteiger partial charge in [-0.15, -0.1) is 11.3 Å². The van der Waals surface area contributed by atoms with Crippen LogP contribution in [0.2, 0.25) is 0 Å². The first-order valence-corrected chi connectivity index (χ1v) is 13.5. The van der Waals surface area contributed by atoms with Crippen LogP contribution in [-0.4, -0.2) is 27.4 Å². The van der Waals surface area contributed by atoms with Crippen molar-refractivity contribution in [1.29, 1.82) is 0 Å². The number of para-hydroxylation sites is 1. The maximum absolute atomic E-state index is 13.7. The fourth-order valence-corrected chi connectivity index (χ4v) is 6.35. The Hall–Kier alpha value is -2.75. The number of amides is 1. The van der Waals surface area contributed by atoms with Gasteiger partial charge in [-0.1, -0.05) is 58.0 Å². The highest BCUT2D eigenvalue weighted by Crippen LogP contribution is 2.35. The Kier molecular flexibility index (Phi) is 6.94. The molecule has 2 heterocycles. The number of fused-ring (bicyclic) bond motifs is 3. The van der Waals surface area contributed by atoms with Crippen LogP contribution >= 0.6 is 39.0 Å². The first-order valence-electron chi connectivity index (χ1n) is 10.9. The van der Waals surface area contributed by atoms with Crippen LogP contribution in [0.1, 0.15) is 28.8 Å². The molecule has 0 saturated heterocycles. The zero-order chi connectivity index (χ0) is 23.5. The molecule has 2 aromatic carbocycles. The second-order valence-electron chi connectivity index (χ2n) is 7.89. The van der Waals surface area contributed by atoms with Crippen LogP contribution in [0.5, 0.6) is 0 Å². The van der Waals surface area contributed by atoms with E-state index in [4.69, 9.17) is 4.98 Å². The molecule has 1 amide bonds. The van der Waals surface area contributed by atoms with E-state index in [2.05, 4.69) is 26.5 Å². The van der Waals surface area contributed by atoms with Crippen LogP contribution < -0.4 is 11.0 Å². The Balaban J connectivity index is 1.41. The van der Waals surface area contributed by atoms with Crippen LogP contribution in [0.4, 0.5) is 0 Å². The molecule has 2 aromatic heterocycles. The predicted molar refractivity (Wildman–Crippen MR) is 142 cm³/mol. The van der Waals surface area contributed by atoms with Crippen molar-refractivity contribution in [3.05, 3.63) is 85.4 Å². The second-order valence-corrected chi connectivity index (χ2v) is 10.8. The van der Waals surface area contributed by atoms with Gasteiger partial charge in [-0.3, -0.25) is 14.2 Å². The first kappa shape index (κ1) is 23.0. The molecule has 0 unspecified atom stereocenters. The van der Waals surface area contributed by atoms with Crippen molar-refractivity contribution in [1.82, 2.24) is 15.0 Å². The molecular weight excluding hydrogens is 532 g/mol. The normalized spacial score (nSPS) is 13.3. The van der Waals surface area contributed by atoms with Gasteiger partial charge < -0.3 is 0 Å². The summed E-state index contributed by atoms with van der Waals surface area (Å²) >= 11 is 6.25. The van der Waals surface area contributed by atoms with Crippen LogP contribution in [0.3, 0.4) is 0 Å². The van der Waals surface area contributed by atoms with Crippen LogP contribution in [-0.2, 0) is 17.6 Å². The minimum Gasteiger partial charge on any atom is -0.272 e. The minimum atomic E-state index is -0.266. The fourth-order valence-electron chi connectivity index (χ4n) is 3.98. The Morgan fingerprint density at radius 2 is 1.91 bits per heavy atom. The molecule has 0 radical (unpaired) electrons. The van der Waals surface area contributed by atoms with Crippen molar-refractivity contribution in [2.24, 2.45) is 5.10 Å². The van der Waals surface area contributed by atoms with Gasteiger partial charge in [0.05, 0.1) is 23.0 Å². The summed E-state index contributed by atoms with van der Waals surface area (Å²) in [6.07, 6.45) is 5.76. The Morgan fingerprint density at radius 1 is 1.15 bits per heavy atom. The molecule has 0 bridgehead atoms. The van der Waals surface area contributed by atoms with E-state index in [0.29, 0.717) is 5.16 Å². The lowest BCUT2D eigenvalue weighted by molar-refractivity contribution is -0.118. The molecular formula is C25H21BrN4O2S2. The van der Waals surface area contributed by atoms with E-state index < -0.39 is 0 Å². The van der Waals surface area contributed by atoms with E-state index in [1.165, 1.54) is 16.6 Å². The van der Waals surface area contributed by atoms with Gasteiger partial charge in [0.25, 0.3) is 11.5 Å². The fraction of sp³-hybridized carbons (Fsp3) is 0.200. The van der Waals surface area contributed by atoms with Gasteiger partial charge in [0.15, 0.2) is 5.16 Å². The number of nitrogens with zero attached hydrogens (tertiary/aromatic N) is 3. The number of thiophene rings is 1. The second kappa shape index (κ2) is 10.2. The smallest absolute Gasteiger partial charge is 0.267 e. The van der Waals surface area contributed by atoms with Crippen molar-refractivity contribution in [2.75, 3.05) is 5.75 Å². The van der Waals surface area contributed by atoms with Crippen LogP contribution in [0.15, 0.2) is 74.1 Å². The standard InChI is InChI=1S/C25H21BrN4O2S2/c26-17-12-10-16(11-13-17)14-27-29-21(31)15-33-25-28-23-22(19-8-4-5-9-20(19)34-23)24(32)30(25)18-6-2-1-3-7-18/h1-3,6-7,10-14H,4-5,8-9,15H2,(H,29,31)/b27-14+. The number of benzene rings is 2.